The van der Waals surface area contributed by atoms with Gasteiger partial charge in [-0.15, -0.1) is 0 Å². The summed E-state index contributed by atoms with van der Waals surface area (Å²) < 4.78 is 0. The van der Waals surface area contributed by atoms with Gasteiger partial charge in [0.25, 0.3) is 0 Å². The molecule has 0 bridgehead atoms. The number of nitrogens with one attached hydrogen (secondary N) is 1. The summed E-state index contributed by atoms with van der Waals surface area (Å²) in [7, 11) is 0. The zero-order valence-corrected chi connectivity index (χ0v) is 9.69. The first-order valence-corrected chi connectivity index (χ1v) is 5.57. The van der Waals surface area contributed by atoms with Crippen molar-refractivity contribution in [1.82, 2.24) is 5.32 Å². The smallest absolute Gasteiger partial charge is 0.0453 e. The topological polar surface area (TPSA) is 12.0 Å². The van der Waals surface area contributed by atoms with Crippen LogP contribution in [0.3, 0.4) is 0 Å². The molecule has 0 aliphatic carbocycles. The predicted octanol–water partition coefficient (Wildman–Crippen LogP) is 3.54. The summed E-state index contributed by atoms with van der Waals surface area (Å²) in [5.74, 6) is 0. The van der Waals surface area contributed by atoms with E-state index in [0.717, 1.165) is 18.1 Å². The van der Waals surface area contributed by atoms with Gasteiger partial charge >= 0.3 is 0 Å². The summed E-state index contributed by atoms with van der Waals surface area (Å²) >= 11 is 6.10. The van der Waals surface area contributed by atoms with Crippen molar-refractivity contribution in [2.45, 2.75) is 33.2 Å². The predicted molar refractivity (Wildman–Crippen MR) is 62.8 cm³/mol. The number of hydrogen-bond acceptors (Lipinski definition) is 1. The summed E-state index contributed by atoms with van der Waals surface area (Å²) in [6.07, 6.45) is 2.46. The van der Waals surface area contributed by atoms with Crippen LogP contribution in [-0.4, -0.2) is 6.54 Å². The monoisotopic (exact) mass is 211 g/mol. The highest BCUT2D eigenvalue weighted by molar-refractivity contribution is 6.31. The Morgan fingerprint density at radius 3 is 2.79 bits per heavy atom. The standard InChI is InChI=1S/C12H18ClN/c1-3-4-7-14-9-11-6-5-10(2)8-12(11)13/h5-6,8,14H,3-4,7,9H2,1-2H3. The largest absolute Gasteiger partial charge is 0.313 e. The number of benzene rings is 1. The lowest BCUT2D eigenvalue weighted by molar-refractivity contribution is 0.641. The number of rotatable bonds is 5. The minimum absolute atomic E-state index is 0.869. The molecule has 0 saturated heterocycles. The van der Waals surface area contributed by atoms with E-state index in [0.29, 0.717) is 0 Å². The van der Waals surface area contributed by atoms with E-state index < -0.39 is 0 Å². The van der Waals surface area contributed by atoms with Gasteiger partial charge in [-0.1, -0.05) is 37.1 Å². The number of unbranched alkanes of at least 4 members (excludes halogenated alkanes) is 1. The molecule has 0 spiro atoms. The molecule has 0 aliphatic rings. The molecule has 1 nitrogen and oxygen atoms in total. The number of hydrogen-bond donors (Lipinski definition) is 1. The van der Waals surface area contributed by atoms with Gasteiger partial charge in [0.15, 0.2) is 0 Å². The maximum Gasteiger partial charge on any atom is 0.0453 e. The quantitative estimate of drug-likeness (QED) is 0.735. The second kappa shape index (κ2) is 6.05. The first-order chi connectivity index (χ1) is 6.74. The Labute approximate surface area is 91.5 Å². The third-order valence-electron chi connectivity index (χ3n) is 2.23. The Bertz CT molecular complexity index is 284. The molecule has 1 N–H and O–H groups in total. The van der Waals surface area contributed by atoms with Gasteiger partial charge in [-0.05, 0) is 37.1 Å². The molecular formula is C12H18ClN. The van der Waals surface area contributed by atoms with Crippen molar-refractivity contribution < 1.29 is 0 Å². The summed E-state index contributed by atoms with van der Waals surface area (Å²) in [4.78, 5) is 0. The van der Waals surface area contributed by atoms with Gasteiger partial charge < -0.3 is 5.32 Å². The minimum Gasteiger partial charge on any atom is -0.313 e. The zero-order chi connectivity index (χ0) is 10.4. The molecule has 1 aromatic rings. The fourth-order valence-corrected chi connectivity index (χ4v) is 1.62. The first kappa shape index (κ1) is 11.5. The van der Waals surface area contributed by atoms with Crippen LogP contribution < -0.4 is 5.32 Å². The molecule has 1 rings (SSSR count). The third-order valence-corrected chi connectivity index (χ3v) is 2.58. The van der Waals surface area contributed by atoms with Gasteiger partial charge in [-0.25, -0.2) is 0 Å². The van der Waals surface area contributed by atoms with Gasteiger partial charge in [0, 0.05) is 11.6 Å². The van der Waals surface area contributed by atoms with Crippen LogP contribution in [0.15, 0.2) is 18.2 Å². The zero-order valence-electron chi connectivity index (χ0n) is 8.94. The van der Waals surface area contributed by atoms with Gasteiger partial charge in [0.05, 0.1) is 0 Å². The summed E-state index contributed by atoms with van der Waals surface area (Å²) in [5, 5.41) is 4.25. The minimum atomic E-state index is 0.869. The van der Waals surface area contributed by atoms with Crippen LogP contribution in [0.5, 0.6) is 0 Å². The van der Waals surface area contributed by atoms with E-state index in [1.165, 1.54) is 24.0 Å². The normalized spacial score (nSPS) is 10.5. The summed E-state index contributed by atoms with van der Waals surface area (Å²) in [5.41, 5.74) is 2.40. The Hall–Kier alpha value is -0.530. The van der Waals surface area contributed by atoms with Crippen LogP contribution in [0.25, 0.3) is 0 Å². The molecule has 0 saturated carbocycles. The molecule has 1 aromatic carbocycles. The molecule has 78 valence electrons. The second-order valence-electron chi connectivity index (χ2n) is 3.63. The average molecular weight is 212 g/mol. The van der Waals surface area contributed by atoms with Crippen molar-refractivity contribution in [3.63, 3.8) is 0 Å². The van der Waals surface area contributed by atoms with Crippen LogP contribution >= 0.6 is 11.6 Å². The molecule has 0 heterocycles. The van der Waals surface area contributed by atoms with Crippen molar-refractivity contribution in [2.75, 3.05) is 6.54 Å². The molecule has 0 aliphatic heterocycles. The molecule has 0 amide bonds. The van der Waals surface area contributed by atoms with E-state index in [1.54, 1.807) is 0 Å². The maximum atomic E-state index is 6.10. The molecule has 0 radical (unpaired) electrons. The SMILES string of the molecule is CCCCNCc1ccc(C)cc1Cl. The highest BCUT2D eigenvalue weighted by Crippen LogP contribution is 2.17. The number of aryl methyl sites for hydroxylation is 1. The Kier molecular flexibility index (Phi) is 4.99. The lowest BCUT2D eigenvalue weighted by Gasteiger charge is -2.06. The lowest BCUT2D eigenvalue weighted by atomic mass is 10.1. The number of halogens is 1. The van der Waals surface area contributed by atoms with Crippen molar-refractivity contribution in [2.24, 2.45) is 0 Å². The average Bonchev–Trinajstić information content (AvgIpc) is 2.15. The Balaban J connectivity index is 2.42. The Morgan fingerprint density at radius 1 is 1.36 bits per heavy atom. The molecule has 0 fully saturated rings. The maximum absolute atomic E-state index is 6.10. The van der Waals surface area contributed by atoms with E-state index >= 15 is 0 Å². The van der Waals surface area contributed by atoms with Crippen molar-refractivity contribution in [1.29, 1.82) is 0 Å². The highest BCUT2D eigenvalue weighted by Gasteiger charge is 1.98. The van der Waals surface area contributed by atoms with Crippen molar-refractivity contribution in [3.05, 3.63) is 34.3 Å². The van der Waals surface area contributed by atoms with E-state index in [1.807, 2.05) is 6.07 Å². The summed E-state index contributed by atoms with van der Waals surface area (Å²) in [6, 6.07) is 6.21. The van der Waals surface area contributed by atoms with Gasteiger partial charge in [-0.3, -0.25) is 0 Å². The van der Waals surface area contributed by atoms with Crippen LogP contribution in [-0.2, 0) is 6.54 Å². The fraction of sp³-hybridized carbons (Fsp3) is 0.500. The van der Waals surface area contributed by atoms with Crippen molar-refractivity contribution in [3.8, 4) is 0 Å². The van der Waals surface area contributed by atoms with Crippen LogP contribution in [0.4, 0.5) is 0 Å². The summed E-state index contributed by atoms with van der Waals surface area (Å²) in [6.45, 7) is 6.19. The Morgan fingerprint density at radius 2 is 2.14 bits per heavy atom. The third kappa shape index (κ3) is 3.69. The van der Waals surface area contributed by atoms with Crippen LogP contribution in [0.2, 0.25) is 5.02 Å². The van der Waals surface area contributed by atoms with Gasteiger partial charge in [-0.2, -0.15) is 0 Å². The lowest BCUT2D eigenvalue weighted by Crippen LogP contribution is -2.14. The van der Waals surface area contributed by atoms with E-state index in [-0.39, 0.29) is 0 Å². The van der Waals surface area contributed by atoms with E-state index in [9.17, 15) is 0 Å². The highest BCUT2D eigenvalue weighted by atomic mass is 35.5. The van der Waals surface area contributed by atoms with Gasteiger partial charge in [0.1, 0.15) is 0 Å². The fourth-order valence-electron chi connectivity index (χ4n) is 1.32. The molecular weight excluding hydrogens is 194 g/mol. The van der Waals surface area contributed by atoms with Gasteiger partial charge in [0.2, 0.25) is 0 Å². The molecule has 0 atom stereocenters. The van der Waals surface area contributed by atoms with E-state index in [4.69, 9.17) is 11.6 Å². The molecule has 14 heavy (non-hydrogen) atoms. The van der Waals surface area contributed by atoms with Crippen LogP contribution in [0, 0.1) is 6.92 Å². The van der Waals surface area contributed by atoms with E-state index in [2.05, 4.69) is 31.3 Å². The van der Waals surface area contributed by atoms with Crippen molar-refractivity contribution >= 4 is 11.6 Å². The molecule has 0 aromatic heterocycles. The molecule has 2 heteroatoms. The second-order valence-corrected chi connectivity index (χ2v) is 4.03. The first-order valence-electron chi connectivity index (χ1n) is 5.19. The van der Waals surface area contributed by atoms with Crippen LogP contribution in [0.1, 0.15) is 30.9 Å². The molecule has 0 unspecified atom stereocenters.